The minimum Gasteiger partial charge on any atom is -0.385 e. The highest BCUT2D eigenvalue weighted by atomic mass is 19.2. The summed E-state index contributed by atoms with van der Waals surface area (Å²) in [5.41, 5.74) is 0.292. The Balaban J connectivity index is 2.30. The molecule has 2 aromatic carbocycles. The fraction of sp³-hybridized carbons (Fsp3) is 0.250. The fourth-order valence-electron chi connectivity index (χ4n) is 2.17. The van der Waals surface area contributed by atoms with Crippen LogP contribution >= 0.6 is 0 Å². The van der Waals surface area contributed by atoms with Crippen LogP contribution in [0, 0.1) is 11.6 Å². The average molecular weight is 262 g/mol. The maximum absolute atomic E-state index is 13.2. The summed E-state index contributed by atoms with van der Waals surface area (Å²) in [7, 11) is 0. The molecule has 0 saturated carbocycles. The van der Waals surface area contributed by atoms with Crippen LogP contribution in [0.25, 0.3) is 0 Å². The van der Waals surface area contributed by atoms with Gasteiger partial charge in [-0.15, -0.1) is 0 Å². The normalized spacial score (nSPS) is 14.1. The lowest BCUT2D eigenvalue weighted by molar-refractivity contribution is 0.0326. The summed E-state index contributed by atoms with van der Waals surface area (Å²) in [6.45, 7) is 1.87. The van der Waals surface area contributed by atoms with Gasteiger partial charge >= 0.3 is 0 Å². The van der Waals surface area contributed by atoms with Crippen molar-refractivity contribution in [2.75, 3.05) is 0 Å². The third-order valence-corrected chi connectivity index (χ3v) is 3.38. The van der Waals surface area contributed by atoms with E-state index in [9.17, 15) is 13.9 Å². The second kappa shape index (κ2) is 5.49. The summed E-state index contributed by atoms with van der Waals surface area (Å²) in [4.78, 5) is 0. The molecule has 1 N–H and O–H groups in total. The molecule has 1 unspecified atom stereocenters. The predicted molar refractivity (Wildman–Crippen MR) is 70.7 cm³/mol. The lowest BCUT2D eigenvalue weighted by Crippen LogP contribution is -2.27. The van der Waals surface area contributed by atoms with Crippen LogP contribution in [0.5, 0.6) is 0 Å². The molecule has 1 atom stereocenters. The maximum atomic E-state index is 13.2. The first kappa shape index (κ1) is 13.7. The molecule has 0 aromatic heterocycles. The molecule has 0 saturated heterocycles. The monoisotopic (exact) mass is 262 g/mol. The highest BCUT2D eigenvalue weighted by molar-refractivity contribution is 5.27. The van der Waals surface area contributed by atoms with Gasteiger partial charge in [0.2, 0.25) is 0 Å². The van der Waals surface area contributed by atoms with E-state index >= 15 is 0 Å². The van der Waals surface area contributed by atoms with E-state index in [0.29, 0.717) is 12.0 Å². The summed E-state index contributed by atoms with van der Waals surface area (Å²) in [6.07, 6.45) is 0.751. The predicted octanol–water partition coefficient (Wildman–Crippen LogP) is 3.81. The van der Waals surface area contributed by atoms with Crippen LogP contribution in [0.3, 0.4) is 0 Å². The molecule has 100 valence electrons. The van der Waals surface area contributed by atoms with Crippen LogP contribution in [-0.2, 0) is 12.0 Å². The molecule has 0 bridgehead atoms. The van der Waals surface area contributed by atoms with Gasteiger partial charge in [-0.1, -0.05) is 43.3 Å². The van der Waals surface area contributed by atoms with Crippen LogP contribution in [0.15, 0.2) is 48.5 Å². The topological polar surface area (TPSA) is 20.2 Å². The third kappa shape index (κ3) is 2.99. The molecule has 0 amide bonds. The largest absolute Gasteiger partial charge is 0.385 e. The Morgan fingerprint density at radius 1 is 1.00 bits per heavy atom. The lowest BCUT2D eigenvalue weighted by atomic mass is 9.85. The van der Waals surface area contributed by atoms with Crippen LogP contribution in [0.4, 0.5) is 8.78 Å². The molecule has 0 heterocycles. The number of rotatable bonds is 4. The molecule has 0 fully saturated rings. The van der Waals surface area contributed by atoms with Crippen molar-refractivity contribution in [3.8, 4) is 0 Å². The van der Waals surface area contributed by atoms with E-state index in [1.54, 1.807) is 0 Å². The highest BCUT2D eigenvalue weighted by Gasteiger charge is 2.27. The fourth-order valence-corrected chi connectivity index (χ4v) is 2.17. The first-order valence-corrected chi connectivity index (χ1v) is 6.27. The van der Waals surface area contributed by atoms with Gasteiger partial charge in [-0.25, -0.2) is 8.78 Å². The molecule has 2 rings (SSSR count). The summed E-state index contributed by atoms with van der Waals surface area (Å²) in [6, 6.07) is 13.0. The van der Waals surface area contributed by atoms with E-state index in [0.717, 1.165) is 17.7 Å². The molecule has 0 aliphatic rings. The lowest BCUT2D eigenvalue weighted by Gasteiger charge is -2.27. The Bertz CT molecular complexity index is 554. The van der Waals surface area contributed by atoms with Gasteiger partial charge < -0.3 is 5.11 Å². The minimum absolute atomic E-state index is 0.255. The van der Waals surface area contributed by atoms with E-state index in [2.05, 4.69) is 0 Å². The van der Waals surface area contributed by atoms with Gasteiger partial charge in [0.15, 0.2) is 11.6 Å². The van der Waals surface area contributed by atoms with Gasteiger partial charge in [0.25, 0.3) is 0 Å². The second-order valence-corrected chi connectivity index (χ2v) is 4.68. The molecule has 3 heteroatoms. The third-order valence-electron chi connectivity index (χ3n) is 3.38. The zero-order valence-corrected chi connectivity index (χ0v) is 10.7. The van der Waals surface area contributed by atoms with Gasteiger partial charge in [0.05, 0.1) is 5.60 Å². The Morgan fingerprint density at radius 3 is 2.26 bits per heavy atom. The number of hydrogen-bond acceptors (Lipinski definition) is 1. The first-order chi connectivity index (χ1) is 9.05. The second-order valence-electron chi connectivity index (χ2n) is 4.68. The summed E-state index contributed by atoms with van der Waals surface area (Å²) in [5.74, 6) is -1.76. The summed E-state index contributed by atoms with van der Waals surface area (Å²) in [5, 5.41) is 10.7. The molecule has 19 heavy (non-hydrogen) atoms. The van der Waals surface area contributed by atoms with Gasteiger partial charge in [0, 0.05) is 6.42 Å². The Hall–Kier alpha value is -1.74. The highest BCUT2D eigenvalue weighted by Crippen LogP contribution is 2.29. The van der Waals surface area contributed by atoms with Gasteiger partial charge in [-0.3, -0.25) is 0 Å². The molecule has 0 aliphatic heterocycles. The Kier molecular flexibility index (Phi) is 3.96. The number of aliphatic hydroxyl groups is 1. The van der Waals surface area contributed by atoms with Crippen molar-refractivity contribution in [1.82, 2.24) is 0 Å². The van der Waals surface area contributed by atoms with Crippen molar-refractivity contribution in [1.29, 1.82) is 0 Å². The summed E-state index contributed by atoms with van der Waals surface area (Å²) >= 11 is 0. The molecule has 2 aromatic rings. The molecular weight excluding hydrogens is 246 g/mol. The van der Waals surface area contributed by atoms with E-state index in [1.807, 2.05) is 37.3 Å². The number of hydrogen-bond donors (Lipinski definition) is 1. The van der Waals surface area contributed by atoms with Gasteiger partial charge in [-0.05, 0) is 29.7 Å². The quantitative estimate of drug-likeness (QED) is 0.888. The standard InChI is InChI=1S/C16H16F2O/c1-2-16(19,13-6-4-3-5-7-13)11-12-8-9-14(17)15(18)10-12/h3-10,19H,2,11H2,1H3. The van der Waals surface area contributed by atoms with E-state index in [1.165, 1.54) is 6.07 Å². The Morgan fingerprint density at radius 2 is 1.68 bits per heavy atom. The van der Waals surface area contributed by atoms with Crippen molar-refractivity contribution in [2.24, 2.45) is 0 Å². The van der Waals surface area contributed by atoms with Crippen LogP contribution in [0.1, 0.15) is 24.5 Å². The summed E-state index contributed by atoms with van der Waals surface area (Å²) < 4.78 is 26.1. The van der Waals surface area contributed by atoms with Crippen molar-refractivity contribution >= 4 is 0 Å². The zero-order chi connectivity index (χ0) is 13.9. The van der Waals surface area contributed by atoms with Crippen molar-refractivity contribution in [3.63, 3.8) is 0 Å². The van der Waals surface area contributed by atoms with E-state index in [-0.39, 0.29) is 6.42 Å². The van der Waals surface area contributed by atoms with Crippen molar-refractivity contribution < 1.29 is 13.9 Å². The Labute approximate surface area is 111 Å². The average Bonchev–Trinajstić information content (AvgIpc) is 2.44. The molecule has 0 spiro atoms. The smallest absolute Gasteiger partial charge is 0.159 e. The van der Waals surface area contributed by atoms with Crippen molar-refractivity contribution in [3.05, 3.63) is 71.3 Å². The molecule has 0 aliphatic carbocycles. The molecular formula is C16H16F2O. The molecule has 0 radical (unpaired) electrons. The van der Waals surface area contributed by atoms with Gasteiger partial charge in [0.1, 0.15) is 0 Å². The molecule has 1 nitrogen and oxygen atoms in total. The van der Waals surface area contributed by atoms with Crippen LogP contribution in [0.2, 0.25) is 0 Å². The van der Waals surface area contributed by atoms with E-state index < -0.39 is 17.2 Å². The van der Waals surface area contributed by atoms with Crippen LogP contribution < -0.4 is 0 Å². The zero-order valence-electron chi connectivity index (χ0n) is 10.7. The number of benzene rings is 2. The van der Waals surface area contributed by atoms with E-state index in [4.69, 9.17) is 0 Å². The van der Waals surface area contributed by atoms with Gasteiger partial charge in [-0.2, -0.15) is 0 Å². The SMILES string of the molecule is CCC(O)(Cc1ccc(F)c(F)c1)c1ccccc1. The number of halogens is 2. The minimum atomic E-state index is -1.06. The van der Waals surface area contributed by atoms with Crippen LogP contribution in [-0.4, -0.2) is 5.11 Å². The maximum Gasteiger partial charge on any atom is 0.159 e. The van der Waals surface area contributed by atoms with Crippen molar-refractivity contribution in [2.45, 2.75) is 25.4 Å². The first-order valence-electron chi connectivity index (χ1n) is 6.27.